The van der Waals surface area contributed by atoms with Crippen molar-refractivity contribution in [2.75, 3.05) is 13.2 Å². The molecular formula is C67H112O6. The van der Waals surface area contributed by atoms with Gasteiger partial charge < -0.3 is 14.2 Å². The van der Waals surface area contributed by atoms with E-state index >= 15 is 0 Å². The molecular weight excluding hydrogens is 901 g/mol. The van der Waals surface area contributed by atoms with Crippen LogP contribution in [0.5, 0.6) is 0 Å². The fourth-order valence-electron chi connectivity index (χ4n) is 8.18. The fraction of sp³-hybridized carbons (Fsp3) is 0.687. The Balaban J connectivity index is 4.48. The van der Waals surface area contributed by atoms with Crippen LogP contribution in [0.3, 0.4) is 0 Å². The van der Waals surface area contributed by atoms with Gasteiger partial charge in [-0.15, -0.1) is 0 Å². The number of ether oxygens (including phenoxy) is 3. The molecule has 0 saturated carbocycles. The van der Waals surface area contributed by atoms with Gasteiger partial charge in [0.2, 0.25) is 0 Å². The number of rotatable bonds is 54. The highest BCUT2D eigenvalue weighted by atomic mass is 16.6. The van der Waals surface area contributed by atoms with Crippen LogP contribution in [-0.4, -0.2) is 37.2 Å². The predicted octanol–water partition coefficient (Wildman–Crippen LogP) is 20.7. The largest absolute Gasteiger partial charge is 0.462 e. The molecule has 1 unspecified atom stereocenters. The number of hydrogen-bond acceptors (Lipinski definition) is 6. The Morgan fingerprint density at radius 2 is 0.534 bits per heavy atom. The van der Waals surface area contributed by atoms with Gasteiger partial charge in [-0.3, -0.25) is 14.4 Å². The van der Waals surface area contributed by atoms with Gasteiger partial charge in [-0.2, -0.15) is 0 Å². The number of allylic oxidation sites excluding steroid dienone is 18. The summed E-state index contributed by atoms with van der Waals surface area (Å²) in [7, 11) is 0. The van der Waals surface area contributed by atoms with Crippen molar-refractivity contribution in [1.82, 2.24) is 0 Å². The van der Waals surface area contributed by atoms with Gasteiger partial charge in [0.15, 0.2) is 6.10 Å². The highest BCUT2D eigenvalue weighted by molar-refractivity contribution is 5.71. The van der Waals surface area contributed by atoms with E-state index in [4.69, 9.17) is 14.2 Å². The summed E-state index contributed by atoms with van der Waals surface area (Å²) >= 11 is 0. The Labute approximate surface area is 450 Å². The Kier molecular flexibility index (Phi) is 57.4. The van der Waals surface area contributed by atoms with Crippen molar-refractivity contribution in [1.29, 1.82) is 0 Å². The maximum atomic E-state index is 12.9. The van der Waals surface area contributed by atoms with Gasteiger partial charge in [-0.05, 0) is 128 Å². The minimum Gasteiger partial charge on any atom is -0.462 e. The Hall–Kier alpha value is -3.93. The van der Waals surface area contributed by atoms with E-state index in [1.54, 1.807) is 0 Å². The van der Waals surface area contributed by atoms with Gasteiger partial charge in [-0.1, -0.05) is 239 Å². The third kappa shape index (κ3) is 58.8. The van der Waals surface area contributed by atoms with Crippen LogP contribution in [0.4, 0.5) is 0 Å². The molecule has 6 nitrogen and oxygen atoms in total. The molecule has 0 radical (unpaired) electrons. The summed E-state index contributed by atoms with van der Waals surface area (Å²) in [5, 5.41) is 0. The maximum Gasteiger partial charge on any atom is 0.306 e. The number of carbonyl (C=O) groups excluding carboxylic acids is 3. The quantitative estimate of drug-likeness (QED) is 0.0261. The second-order valence-electron chi connectivity index (χ2n) is 19.9. The Morgan fingerprint density at radius 1 is 0.288 bits per heavy atom. The second kappa shape index (κ2) is 60.6. The van der Waals surface area contributed by atoms with E-state index in [9.17, 15) is 14.4 Å². The third-order valence-electron chi connectivity index (χ3n) is 12.7. The van der Waals surface area contributed by atoms with Crippen LogP contribution in [0.2, 0.25) is 0 Å². The van der Waals surface area contributed by atoms with E-state index in [0.717, 1.165) is 135 Å². The molecule has 0 spiro atoms. The van der Waals surface area contributed by atoms with Crippen molar-refractivity contribution in [3.8, 4) is 0 Å². The summed E-state index contributed by atoms with van der Waals surface area (Å²) in [5.41, 5.74) is 0. The number of unbranched alkanes of at least 4 members (excludes halogenated alkanes) is 25. The van der Waals surface area contributed by atoms with Crippen LogP contribution in [-0.2, 0) is 28.6 Å². The van der Waals surface area contributed by atoms with Crippen molar-refractivity contribution in [2.24, 2.45) is 0 Å². The molecule has 0 amide bonds. The zero-order valence-electron chi connectivity index (χ0n) is 47.6. The Morgan fingerprint density at radius 3 is 0.863 bits per heavy atom. The molecule has 0 N–H and O–H groups in total. The molecule has 0 aromatic carbocycles. The molecule has 0 heterocycles. The first kappa shape index (κ1) is 69.1. The summed E-state index contributed by atoms with van der Waals surface area (Å²) in [5.74, 6) is -0.951. The first-order valence-electron chi connectivity index (χ1n) is 30.4. The van der Waals surface area contributed by atoms with Gasteiger partial charge in [0.05, 0.1) is 0 Å². The van der Waals surface area contributed by atoms with Crippen molar-refractivity contribution >= 4 is 17.9 Å². The molecule has 73 heavy (non-hydrogen) atoms. The van der Waals surface area contributed by atoms with Crippen molar-refractivity contribution in [3.63, 3.8) is 0 Å². The predicted molar refractivity (Wildman–Crippen MR) is 316 cm³/mol. The molecule has 0 aliphatic heterocycles. The molecule has 0 fully saturated rings. The van der Waals surface area contributed by atoms with E-state index in [2.05, 4.69) is 130 Å². The topological polar surface area (TPSA) is 78.9 Å². The minimum absolute atomic E-state index is 0.101. The average Bonchev–Trinajstić information content (AvgIpc) is 3.39. The molecule has 416 valence electrons. The SMILES string of the molecule is CC/C=C\C/C=C\C/C=C\C/C=C\C/C=C\CCCCCC(=O)OC(COC(=O)CCCCCCC/C=C\CCCCCCCC)COC(=O)CCCCCCCC/C=C\C/C=C\C/C=C\CCCCCCC. The number of hydrogen-bond donors (Lipinski definition) is 0. The lowest BCUT2D eigenvalue weighted by Crippen LogP contribution is -2.30. The molecule has 1 atom stereocenters. The van der Waals surface area contributed by atoms with Crippen LogP contribution in [0.15, 0.2) is 109 Å². The van der Waals surface area contributed by atoms with Crippen molar-refractivity contribution < 1.29 is 28.6 Å². The molecule has 6 heteroatoms. The number of esters is 3. The number of carbonyl (C=O) groups is 3. The standard InChI is InChI=1S/C67H112O6/c1-4-7-10-13-16-19-22-25-28-30-32-33-35-36-39-42-45-48-51-54-57-60-66(69)72-63-64(62-71-65(68)59-56-53-50-47-44-41-38-27-24-21-18-15-12-9-6-3)73-67(70)61-58-55-52-49-46-43-40-37-34-31-29-26-23-20-17-14-11-8-5-2/h8,11,17,20,22,25-27,29-30,32,34-38,43,46,64H,4-7,9-10,12-16,18-19,21,23-24,28,31,33,39-42,44-45,47-63H2,1-3H3/b11-8-,20-17-,25-22-,29-26-,32-30-,36-35-,37-34-,38-27-,46-43-. The first-order chi connectivity index (χ1) is 36.0. The second-order valence-corrected chi connectivity index (χ2v) is 19.9. The van der Waals surface area contributed by atoms with E-state index in [0.29, 0.717) is 12.8 Å². The minimum atomic E-state index is -0.808. The smallest absolute Gasteiger partial charge is 0.306 e. The van der Waals surface area contributed by atoms with Gasteiger partial charge in [0, 0.05) is 19.3 Å². The fourth-order valence-corrected chi connectivity index (χ4v) is 8.18. The highest BCUT2D eigenvalue weighted by Crippen LogP contribution is 2.14. The summed E-state index contributed by atoms with van der Waals surface area (Å²) in [6.45, 7) is 6.47. The summed E-state index contributed by atoms with van der Waals surface area (Å²) in [6.07, 6.45) is 82.2. The molecule has 0 bridgehead atoms. The molecule has 0 rings (SSSR count). The highest BCUT2D eigenvalue weighted by Gasteiger charge is 2.19. The lowest BCUT2D eigenvalue weighted by molar-refractivity contribution is -0.167. The molecule has 0 aliphatic carbocycles. The molecule has 0 saturated heterocycles. The van der Waals surface area contributed by atoms with Gasteiger partial charge >= 0.3 is 17.9 Å². The van der Waals surface area contributed by atoms with Crippen LogP contribution < -0.4 is 0 Å². The van der Waals surface area contributed by atoms with Gasteiger partial charge in [-0.25, -0.2) is 0 Å². The maximum absolute atomic E-state index is 12.9. The van der Waals surface area contributed by atoms with Crippen LogP contribution in [0.25, 0.3) is 0 Å². The normalized spacial score (nSPS) is 12.9. The van der Waals surface area contributed by atoms with E-state index in [-0.39, 0.29) is 37.5 Å². The third-order valence-corrected chi connectivity index (χ3v) is 12.7. The summed E-state index contributed by atoms with van der Waals surface area (Å²) < 4.78 is 16.9. The van der Waals surface area contributed by atoms with Crippen LogP contribution >= 0.6 is 0 Å². The molecule has 0 aliphatic rings. The lowest BCUT2D eigenvalue weighted by atomic mass is 10.1. The molecule has 0 aromatic rings. The van der Waals surface area contributed by atoms with Crippen molar-refractivity contribution in [3.05, 3.63) is 109 Å². The summed E-state index contributed by atoms with van der Waals surface area (Å²) in [6, 6.07) is 0. The zero-order chi connectivity index (χ0) is 52.9. The monoisotopic (exact) mass is 1010 g/mol. The van der Waals surface area contributed by atoms with Crippen molar-refractivity contribution in [2.45, 2.75) is 284 Å². The van der Waals surface area contributed by atoms with Gasteiger partial charge in [0.25, 0.3) is 0 Å². The average molecular weight is 1010 g/mol. The van der Waals surface area contributed by atoms with Crippen LogP contribution in [0, 0.1) is 0 Å². The zero-order valence-corrected chi connectivity index (χ0v) is 47.6. The van der Waals surface area contributed by atoms with E-state index in [1.807, 2.05) is 0 Å². The molecule has 0 aromatic heterocycles. The van der Waals surface area contributed by atoms with E-state index in [1.165, 1.54) is 103 Å². The first-order valence-corrected chi connectivity index (χ1v) is 30.4. The van der Waals surface area contributed by atoms with Gasteiger partial charge in [0.1, 0.15) is 13.2 Å². The lowest BCUT2D eigenvalue weighted by Gasteiger charge is -2.18. The van der Waals surface area contributed by atoms with Crippen LogP contribution in [0.1, 0.15) is 278 Å². The van der Waals surface area contributed by atoms with E-state index < -0.39 is 6.10 Å². The summed E-state index contributed by atoms with van der Waals surface area (Å²) in [4.78, 5) is 38.2. The Bertz CT molecular complexity index is 1490.